The van der Waals surface area contributed by atoms with Gasteiger partial charge in [0.25, 0.3) is 0 Å². The molecule has 0 aromatic heterocycles. The van der Waals surface area contributed by atoms with Crippen LogP contribution in [0.25, 0.3) is 0 Å². The first-order valence-electron chi connectivity index (χ1n) is 12.9. The lowest BCUT2D eigenvalue weighted by Gasteiger charge is -2.38. The SMILES string of the molecule is CCCc1ccc(C2CCC(C3CCC(C[C@H](C)c4ccccc4)CC3)CC2)cc1. The third kappa shape index (κ3) is 5.57. The van der Waals surface area contributed by atoms with Crippen LogP contribution in [0.4, 0.5) is 0 Å². The Kier molecular flexibility index (Phi) is 7.69. The molecule has 0 unspecified atom stereocenters. The summed E-state index contributed by atoms with van der Waals surface area (Å²) in [5, 5.41) is 0. The molecule has 0 radical (unpaired) electrons. The molecule has 0 N–H and O–H groups in total. The molecule has 2 aliphatic rings. The molecule has 2 aliphatic carbocycles. The smallest absolute Gasteiger partial charge is 0.0162 e. The van der Waals surface area contributed by atoms with E-state index in [2.05, 4.69) is 68.4 Å². The molecular formula is C30H42. The highest BCUT2D eigenvalue weighted by atomic mass is 14.4. The molecule has 2 aromatic carbocycles. The van der Waals surface area contributed by atoms with Crippen LogP contribution in [0.15, 0.2) is 54.6 Å². The van der Waals surface area contributed by atoms with E-state index in [-0.39, 0.29) is 0 Å². The van der Waals surface area contributed by atoms with Crippen LogP contribution in [0.2, 0.25) is 0 Å². The third-order valence-electron chi connectivity index (χ3n) is 8.38. The molecule has 2 aromatic rings. The maximum atomic E-state index is 2.43. The Bertz CT molecular complexity index is 727. The van der Waals surface area contributed by atoms with Gasteiger partial charge in [0.2, 0.25) is 0 Å². The average Bonchev–Trinajstić information content (AvgIpc) is 2.81. The summed E-state index contributed by atoms with van der Waals surface area (Å²) in [6.45, 7) is 4.70. The Balaban J connectivity index is 1.21. The van der Waals surface area contributed by atoms with Gasteiger partial charge in [-0.05, 0) is 97.6 Å². The molecule has 2 fully saturated rings. The Morgan fingerprint density at radius 1 is 0.733 bits per heavy atom. The van der Waals surface area contributed by atoms with Crippen LogP contribution in [-0.4, -0.2) is 0 Å². The predicted molar refractivity (Wildman–Crippen MR) is 130 cm³/mol. The molecule has 4 rings (SSSR count). The van der Waals surface area contributed by atoms with E-state index < -0.39 is 0 Å². The molecule has 162 valence electrons. The van der Waals surface area contributed by atoms with E-state index in [1.54, 1.807) is 5.56 Å². The molecule has 0 spiro atoms. The molecule has 0 heteroatoms. The van der Waals surface area contributed by atoms with Gasteiger partial charge in [0, 0.05) is 0 Å². The highest BCUT2D eigenvalue weighted by Gasteiger charge is 2.31. The van der Waals surface area contributed by atoms with E-state index in [0.717, 1.165) is 23.7 Å². The van der Waals surface area contributed by atoms with Gasteiger partial charge in [-0.15, -0.1) is 0 Å². The first-order chi connectivity index (χ1) is 14.7. The largest absolute Gasteiger partial charge is 0.0651 e. The monoisotopic (exact) mass is 402 g/mol. The van der Waals surface area contributed by atoms with Crippen molar-refractivity contribution < 1.29 is 0 Å². The zero-order chi connectivity index (χ0) is 20.8. The summed E-state index contributed by atoms with van der Waals surface area (Å²) < 4.78 is 0. The number of benzene rings is 2. The molecular weight excluding hydrogens is 360 g/mol. The summed E-state index contributed by atoms with van der Waals surface area (Å²) in [4.78, 5) is 0. The molecule has 1 atom stereocenters. The van der Waals surface area contributed by atoms with Gasteiger partial charge in [-0.3, -0.25) is 0 Å². The van der Waals surface area contributed by atoms with Gasteiger partial charge in [0.05, 0.1) is 0 Å². The Morgan fingerprint density at radius 3 is 1.93 bits per heavy atom. The highest BCUT2D eigenvalue weighted by Crippen LogP contribution is 2.45. The first-order valence-corrected chi connectivity index (χ1v) is 12.9. The van der Waals surface area contributed by atoms with Crippen molar-refractivity contribution in [3.63, 3.8) is 0 Å². The number of hydrogen-bond acceptors (Lipinski definition) is 0. The molecule has 0 saturated heterocycles. The van der Waals surface area contributed by atoms with E-state index >= 15 is 0 Å². The van der Waals surface area contributed by atoms with Gasteiger partial charge < -0.3 is 0 Å². The first kappa shape index (κ1) is 21.7. The van der Waals surface area contributed by atoms with E-state index in [0.29, 0.717) is 5.92 Å². The fraction of sp³-hybridized carbons (Fsp3) is 0.600. The molecule has 30 heavy (non-hydrogen) atoms. The fourth-order valence-corrected chi connectivity index (χ4v) is 6.48. The summed E-state index contributed by atoms with van der Waals surface area (Å²) in [6.07, 6.45) is 15.6. The minimum atomic E-state index is 0.715. The second-order valence-corrected chi connectivity index (χ2v) is 10.4. The van der Waals surface area contributed by atoms with E-state index in [1.807, 2.05) is 0 Å². The second kappa shape index (κ2) is 10.7. The van der Waals surface area contributed by atoms with Crippen LogP contribution in [-0.2, 0) is 6.42 Å². The van der Waals surface area contributed by atoms with E-state index in [1.165, 1.54) is 81.8 Å². The van der Waals surface area contributed by atoms with Crippen molar-refractivity contribution in [2.45, 2.75) is 96.3 Å². The van der Waals surface area contributed by atoms with E-state index in [4.69, 9.17) is 0 Å². The lowest BCUT2D eigenvalue weighted by Crippen LogP contribution is -2.25. The summed E-state index contributed by atoms with van der Waals surface area (Å²) in [5.41, 5.74) is 4.64. The zero-order valence-corrected chi connectivity index (χ0v) is 19.4. The highest BCUT2D eigenvalue weighted by molar-refractivity contribution is 5.26. The van der Waals surface area contributed by atoms with Gasteiger partial charge in [-0.2, -0.15) is 0 Å². The van der Waals surface area contributed by atoms with Crippen molar-refractivity contribution >= 4 is 0 Å². The van der Waals surface area contributed by atoms with Gasteiger partial charge in [-0.1, -0.05) is 87.7 Å². The van der Waals surface area contributed by atoms with Gasteiger partial charge in [-0.25, -0.2) is 0 Å². The standard InChI is InChI=1S/C30H42/c1-3-7-24-10-14-27(15-11-24)29-18-20-30(21-19-29)28-16-12-25(13-17-28)22-23(2)26-8-5-4-6-9-26/h4-6,8-11,14-15,23,25,28-30H,3,7,12-13,16-22H2,1-2H3/t23-,25?,28?,29?,30?/m0/s1. The third-order valence-corrected chi connectivity index (χ3v) is 8.38. The van der Waals surface area contributed by atoms with Crippen molar-refractivity contribution in [3.8, 4) is 0 Å². The minimum Gasteiger partial charge on any atom is -0.0651 e. The normalized spacial score (nSPS) is 28.2. The van der Waals surface area contributed by atoms with Crippen molar-refractivity contribution in [2.75, 3.05) is 0 Å². The van der Waals surface area contributed by atoms with Crippen LogP contribution >= 0.6 is 0 Å². The number of hydrogen-bond donors (Lipinski definition) is 0. The average molecular weight is 403 g/mol. The Labute approximate surface area is 185 Å². The lowest BCUT2D eigenvalue weighted by molar-refractivity contribution is 0.154. The maximum absolute atomic E-state index is 2.43. The molecule has 0 heterocycles. The zero-order valence-electron chi connectivity index (χ0n) is 19.4. The van der Waals surface area contributed by atoms with Crippen LogP contribution in [0, 0.1) is 17.8 Å². The van der Waals surface area contributed by atoms with Gasteiger partial charge in [0.15, 0.2) is 0 Å². The summed E-state index contributed by atoms with van der Waals surface area (Å²) >= 11 is 0. The molecule has 0 aliphatic heterocycles. The Hall–Kier alpha value is -1.56. The summed E-state index contributed by atoms with van der Waals surface area (Å²) in [7, 11) is 0. The molecule has 2 saturated carbocycles. The maximum Gasteiger partial charge on any atom is -0.0162 e. The van der Waals surface area contributed by atoms with E-state index in [9.17, 15) is 0 Å². The molecule has 0 amide bonds. The quantitative estimate of drug-likeness (QED) is 0.433. The number of rotatable bonds is 7. The van der Waals surface area contributed by atoms with Crippen molar-refractivity contribution in [1.82, 2.24) is 0 Å². The predicted octanol–water partition coefficient (Wildman–Crippen LogP) is 8.91. The fourth-order valence-electron chi connectivity index (χ4n) is 6.48. The minimum absolute atomic E-state index is 0.715. The second-order valence-electron chi connectivity index (χ2n) is 10.4. The van der Waals surface area contributed by atoms with Crippen LogP contribution in [0.3, 0.4) is 0 Å². The summed E-state index contributed by atoms with van der Waals surface area (Å²) in [6, 6.07) is 20.8. The van der Waals surface area contributed by atoms with Crippen molar-refractivity contribution in [3.05, 3.63) is 71.3 Å². The van der Waals surface area contributed by atoms with Crippen LogP contribution in [0.1, 0.15) is 107 Å². The topological polar surface area (TPSA) is 0 Å². The Morgan fingerprint density at radius 2 is 1.33 bits per heavy atom. The number of aryl methyl sites for hydroxylation is 1. The van der Waals surface area contributed by atoms with Crippen LogP contribution < -0.4 is 0 Å². The van der Waals surface area contributed by atoms with Crippen molar-refractivity contribution in [1.29, 1.82) is 0 Å². The molecule has 0 nitrogen and oxygen atoms in total. The lowest BCUT2D eigenvalue weighted by atomic mass is 9.67. The summed E-state index contributed by atoms with van der Waals surface area (Å²) in [5.74, 6) is 4.51. The van der Waals surface area contributed by atoms with Gasteiger partial charge >= 0.3 is 0 Å². The molecule has 0 bridgehead atoms. The van der Waals surface area contributed by atoms with Gasteiger partial charge in [0.1, 0.15) is 0 Å². The van der Waals surface area contributed by atoms with Crippen LogP contribution in [0.5, 0.6) is 0 Å². The van der Waals surface area contributed by atoms with Crippen molar-refractivity contribution in [2.24, 2.45) is 17.8 Å².